The van der Waals surface area contributed by atoms with Gasteiger partial charge in [-0.25, -0.2) is 5.43 Å². The van der Waals surface area contributed by atoms with E-state index in [9.17, 15) is 4.79 Å². The van der Waals surface area contributed by atoms with Crippen LogP contribution in [0.2, 0.25) is 10.0 Å². The van der Waals surface area contributed by atoms with Gasteiger partial charge in [-0.3, -0.25) is 4.79 Å². The highest BCUT2D eigenvalue weighted by Gasteiger charge is 2.13. The van der Waals surface area contributed by atoms with Crippen molar-refractivity contribution < 1.29 is 14.3 Å². The third-order valence-corrected chi connectivity index (χ3v) is 5.37. The predicted octanol–water partition coefficient (Wildman–Crippen LogP) is 6.34. The first-order valence-electron chi connectivity index (χ1n) is 9.39. The molecule has 1 N–H and O–H groups in total. The summed E-state index contributed by atoms with van der Waals surface area (Å²) < 4.78 is 12.6. The van der Waals surface area contributed by atoms with Gasteiger partial charge in [-0.15, -0.1) is 0 Å². The first-order chi connectivity index (χ1) is 15.0. The largest absolute Gasteiger partial charge is 0.490 e. The molecule has 5 nitrogen and oxygen atoms in total. The molecule has 0 bridgehead atoms. The first kappa shape index (κ1) is 23.4. The highest BCUT2D eigenvalue weighted by atomic mass is 127. The molecular formula is C23H19Cl2IN2O3. The van der Waals surface area contributed by atoms with Crippen molar-refractivity contribution in [1.29, 1.82) is 0 Å². The molecule has 31 heavy (non-hydrogen) atoms. The fraction of sp³-hybridized carbons (Fsp3) is 0.130. The van der Waals surface area contributed by atoms with Crippen LogP contribution in [-0.2, 0) is 6.61 Å². The van der Waals surface area contributed by atoms with Crippen LogP contribution in [0.3, 0.4) is 0 Å². The maximum absolute atomic E-state index is 12.2. The number of ether oxygens (including phenoxy) is 2. The molecule has 0 spiro atoms. The number of rotatable bonds is 8. The molecule has 0 fully saturated rings. The highest BCUT2D eigenvalue weighted by Crippen LogP contribution is 2.37. The molecule has 0 saturated heterocycles. The smallest absolute Gasteiger partial charge is 0.271 e. The number of nitrogens with one attached hydrogen (secondary N) is 1. The van der Waals surface area contributed by atoms with E-state index in [1.807, 2.05) is 31.2 Å². The van der Waals surface area contributed by atoms with Crippen molar-refractivity contribution in [2.24, 2.45) is 5.10 Å². The van der Waals surface area contributed by atoms with Gasteiger partial charge < -0.3 is 9.47 Å². The number of carbonyl (C=O) groups is 1. The Kier molecular flexibility index (Phi) is 8.57. The average Bonchev–Trinajstić information content (AvgIpc) is 2.75. The van der Waals surface area contributed by atoms with E-state index < -0.39 is 0 Å². The number of benzene rings is 3. The summed E-state index contributed by atoms with van der Waals surface area (Å²) in [5.41, 5.74) is 4.64. The van der Waals surface area contributed by atoms with Gasteiger partial charge in [-0.05, 0) is 89.2 Å². The van der Waals surface area contributed by atoms with Crippen LogP contribution >= 0.6 is 45.8 Å². The minimum Gasteiger partial charge on any atom is -0.490 e. The van der Waals surface area contributed by atoms with Gasteiger partial charge in [0.15, 0.2) is 11.5 Å². The molecule has 3 rings (SSSR count). The standard InChI is InChI=1S/C23H19Cl2IN2O3/c1-2-30-21-12-16(13-27-28-23(29)17-5-9-19(26)10-6-17)11-20(25)22(21)31-14-15-3-7-18(24)8-4-15/h3-13H,2,14H2,1H3,(H,28,29)/b27-13-. The lowest BCUT2D eigenvalue weighted by atomic mass is 10.2. The summed E-state index contributed by atoms with van der Waals surface area (Å²) in [6, 6.07) is 18.0. The van der Waals surface area contributed by atoms with Gasteiger partial charge in [0.25, 0.3) is 5.91 Å². The Morgan fingerprint density at radius 1 is 1.06 bits per heavy atom. The van der Waals surface area contributed by atoms with Crippen molar-refractivity contribution in [1.82, 2.24) is 5.43 Å². The van der Waals surface area contributed by atoms with Gasteiger partial charge in [0.1, 0.15) is 6.61 Å². The van der Waals surface area contributed by atoms with E-state index in [1.165, 1.54) is 6.21 Å². The summed E-state index contributed by atoms with van der Waals surface area (Å²) >= 11 is 14.5. The van der Waals surface area contributed by atoms with E-state index in [-0.39, 0.29) is 5.91 Å². The first-order valence-corrected chi connectivity index (χ1v) is 11.2. The summed E-state index contributed by atoms with van der Waals surface area (Å²) in [4.78, 5) is 12.2. The summed E-state index contributed by atoms with van der Waals surface area (Å²) in [5.74, 6) is 0.639. The predicted molar refractivity (Wildman–Crippen MR) is 133 cm³/mol. The van der Waals surface area contributed by atoms with Gasteiger partial charge in [-0.2, -0.15) is 5.10 Å². The molecule has 0 atom stereocenters. The lowest BCUT2D eigenvalue weighted by Gasteiger charge is -2.14. The van der Waals surface area contributed by atoms with E-state index in [1.54, 1.807) is 36.4 Å². The maximum atomic E-state index is 12.2. The molecule has 0 radical (unpaired) electrons. The van der Waals surface area contributed by atoms with Gasteiger partial charge in [0, 0.05) is 14.2 Å². The molecule has 0 aliphatic rings. The molecule has 160 valence electrons. The molecule has 0 saturated carbocycles. The number of nitrogens with zero attached hydrogens (tertiary/aromatic N) is 1. The number of hydrazone groups is 1. The molecule has 1 amide bonds. The minimum absolute atomic E-state index is 0.299. The molecule has 0 heterocycles. The topological polar surface area (TPSA) is 59.9 Å². The van der Waals surface area contributed by atoms with Gasteiger partial charge in [-0.1, -0.05) is 35.3 Å². The van der Waals surface area contributed by atoms with E-state index in [2.05, 4.69) is 33.1 Å². The van der Waals surface area contributed by atoms with E-state index >= 15 is 0 Å². The molecule has 0 aliphatic heterocycles. The Bertz CT molecular complexity index is 1070. The fourth-order valence-corrected chi connectivity index (χ4v) is 3.39. The average molecular weight is 569 g/mol. The number of hydrogen-bond acceptors (Lipinski definition) is 4. The van der Waals surface area contributed by atoms with Crippen LogP contribution in [0.5, 0.6) is 11.5 Å². The van der Waals surface area contributed by atoms with Crippen LogP contribution in [0.25, 0.3) is 0 Å². The van der Waals surface area contributed by atoms with Crippen molar-refractivity contribution in [2.75, 3.05) is 6.61 Å². The van der Waals surface area contributed by atoms with Crippen molar-refractivity contribution in [3.05, 3.63) is 91.0 Å². The SMILES string of the molecule is CCOc1cc(/C=N\NC(=O)c2ccc(I)cc2)cc(Cl)c1OCc1ccc(Cl)cc1. The molecule has 3 aromatic carbocycles. The van der Waals surface area contributed by atoms with Crippen LogP contribution < -0.4 is 14.9 Å². The van der Waals surface area contributed by atoms with Crippen LogP contribution in [0, 0.1) is 3.57 Å². The van der Waals surface area contributed by atoms with E-state index in [0.29, 0.717) is 45.9 Å². The van der Waals surface area contributed by atoms with Gasteiger partial charge in [0.2, 0.25) is 0 Å². The minimum atomic E-state index is -0.299. The Balaban J connectivity index is 1.71. The van der Waals surface area contributed by atoms with Crippen LogP contribution in [0.4, 0.5) is 0 Å². The lowest BCUT2D eigenvalue weighted by molar-refractivity contribution is 0.0955. The second-order valence-corrected chi connectivity index (χ2v) is 8.47. The Labute approximate surface area is 204 Å². The number of amides is 1. The summed E-state index contributed by atoms with van der Waals surface area (Å²) in [6.07, 6.45) is 1.50. The second-order valence-electron chi connectivity index (χ2n) is 6.38. The monoisotopic (exact) mass is 568 g/mol. The summed E-state index contributed by atoms with van der Waals surface area (Å²) in [5, 5.41) is 5.06. The van der Waals surface area contributed by atoms with Gasteiger partial charge >= 0.3 is 0 Å². The zero-order chi connectivity index (χ0) is 22.2. The van der Waals surface area contributed by atoms with Crippen molar-refractivity contribution in [2.45, 2.75) is 13.5 Å². The van der Waals surface area contributed by atoms with Gasteiger partial charge in [0.05, 0.1) is 17.8 Å². The van der Waals surface area contributed by atoms with E-state index in [0.717, 1.165) is 9.13 Å². The molecule has 3 aromatic rings. The molecular weight excluding hydrogens is 550 g/mol. The Morgan fingerprint density at radius 2 is 1.77 bits per heavy atom. The van der Waals surface area contributed by atoms with Crippen LogP contribution in [0.1, 0.15) is 28.4 Å². The van der Waals surface area contributed by atoms with Crippen LogP contribution in [0.15, 0.2) is 65.8 Å². The second kappa shape index (κ2) is 11.4. The van der Waals surface area contributed by atoms with E-state index in [4.69, 9.17) is 32.7 Å². The van der Waals surface area contributed by atoms with Crippen LogP contribution in [-0.4, -0.2) is 18.7 Å². The fourth-order valence-electron chi connectivity index (χ4n) is 2.63. The Hall–Kier alpha value is -2.29. The van der Waals surface area contributed by atoms with Crippen molar-refractivity contribution in [3.8, 4) is 11.5 Å². The van der Waals surface area contributed by atoms with Crippen molar-refractivity contribution >= 4 is 57.9 Å². The third-order valence-electron chi connectivity index (χ3n) is 4.11. The number of carbonyl (C=O) groups excluding carboxylic acids is 1. The summed E-state index contributed by atoms with van der Waals surface area (Å²) in [6.45, 7) is 2.63. The zero-order valence-corrected chi connectivity index (χ0v) is 20.2. The molecule has 0 aliphatic carbocycles. The highest BCUT2D eigenvalue weighted by molar-refractivity contribution is 14.1. The number of hydrogen-bond donors (Lipinski definition) is 1. The third kappa shape index (κ3) is 6.85. The van der Waals surface area contributed by atoms with Crippen molar-refractivity contribution in [3.63, 3.8) is 0 Å². The summed E-state index contributed by atoms with van der Waals surface area (Å²) in [7, 11) is 0. The molecule has 8 heteroatoms. The molecule has 0 unspecified atom stereocenters. The lowest BCUT2D eigenvalue weighted by Crippen LogP contribution is -2.17. The Morgan fingerprint density at radius 3 is 2.45 bits per heavy atom. The zero-order valence-electron chi connectivity index (χ0n) is 16.6. The maximum Gasteiger partial charge on any atom is 0.271 e. The quantitative estimate of drug-likeness (QED) is 0.196. The number of halogens is 3. The normalized spacial score (nSPS) is 10.8. The molecule has 0 aromatic heterocycles.